The molecule has 0 saturated heterocycles. The molecule has 0 aliphatic rings. The first-order chi connectivity index (χ1) is 9.93. The standard InChI is InChI=1S/C14H19BrN2O3S/c1-3-6-20-12-5-4-10(7-11(12)15)13(19)17-14(21)16-8-9(2)18/h4-5,7,9,18H,3,6,8H2,1-2H3,(H2,16,17,19,21). The molecule has 116 valence electrons. The van der Waals surface area contributed by atoms with Crippen LogP contribution in [0.3, 0.4) is 0 Å². The number of ether oxygens (including phenoxy) is 1. The van der Waals surface area contributed by atoms with Crippen molar-refractivity contribution in [2.45, 2.75) is 26.4 Å². The third kappa shape index (κ3) is 6.41. The normalized spacial score (nSPS) is 11.6. The van der Waals surface area contributed by atoms with Gasteiger partial charge < -0.3 is 15.2 Å². The highest BCUT2D eigenvalue weighted by molar-refractivity contribution is 9.10. The predicted octanol–water partition coefficient (Wildman–Crippen LogP) is 2.22. The summed E-state index contributed by atoms with van der Waals surface area (Å²) in [7, 11) is 0. The van der Waals surface area contributed by atoms with Crippen LogP contribution in [0.2, 0.25) is 0 Å². The average molecular weight is 375 g/mol. The molecule has 21 heavy (non-hydrogen) atoms. The molecule has 0 aliphatic heterocycles. The van der Waals surface area contributed by atoms with Gasteiger partial charge in [-0.25, -0.2) is 0 Å². The first-order valence-corrected chi connectivity index (χ1v) is 7.83. The summed E-state index contributed by atoms with van der Waals surface area (Å²) in [5, 5.41) is 14.6. The van der Waals surface area contributed by atoms with Gasteiger partial charge in [0.15, 0.2) is 5.11 Å². The molecule has 7 heteroatoms. The number of thiocarbonyl (C=S) groups is 1. The zero-order chi connectivity index (χ0) is 15.8. The number of benzene rings is 1. The topological polar surface area (TPSA) is 70.6 Å². The van der Waals surface area contributed by atoms with E-state index in [1.807, 2.05) is 6.92 Å². The molecular formula is C14H19BrN2O3S. The number of aliphatic hydroxyl groups excluding tert-OH is 1. The minimum atomic E-state index is -0.538. The fourth-order valence-electron chi connectivity index (χ4n) is 1.43. The second-order valence-corrected chi connectivity index (χ2v) is 5.77. The Balaban J connectivity index is 2.62. The summed E-state index contributed by atoms with van der Waals surface area (Å²) in [6.45, 7) is 4.56. The fourth-order valence-corrected chi connectivity index (χ4v) is 2.10. The van der Waals surface area contributed by atoms with Crippen molar-refractivity contribution in [2.24, 2.45) is 0 Å². The Morgan fingerprint density at radius 3 is 2.81 bits per heavy atom. The lowest BCUT2D eigenvalue weighted by Gasteiger charge is -2.12. The van der Waals surface area contributed by atoms with Crippen LogP contribution in [0.15, 0.2) is 22.7 Å². The van der Waals surface area contributed by atoms with Crippen molar-refractivity contribution >= 4 is 39.2 Å². The van der Waals surface area contributed by atoms with Crippen molar-refractivity contribution in [1.82, 2.24) is 10.6 Å². The molecule has 1 unspecified atom stereocenters. The van der Waals surface area contributed by atoms with E-state index < -0.39 is 6.10 Å². The number of nitrogens with one attached hydrogen (secondary N) is 2. The molecule has 0 aliphatic carbocycles. The Kier molecular flexibility index (Phi) is 7.63. The van der Waals surface area contributed by atoms with Crippen molar-refractivity contribution in [3.05, 3.63) is 28.2 Å². The van der Waals surface area contributed by atoms with Gasteiger partial charge in [0.1, 0.15) is 5.75 Å². The lowest BCUT2D eigenvalue weighted by atomic mass is 10.2. The molecule has 0 fully saturated rings. The van der Waals surface area contributed by atoms with E-state index in [0.29, 0.717) is 22.4 Å². The number of carbonyl (C=O) groups excluding carboxylic acids is 1. The smallest absolute Gasteiger partial charge is 0.257 e. The average Bonchev–Trinajstić information content (AvgIpc) is 2.43. The van der Waals surface area contributed by atoms with Crippen LogP contribution < -0.4 is 15.4 Å². The number of rotatable bonds is 6. The zero-order valence-electron chi connectivity index (χ0n) is 12.0. The van der Waals surface area contributed by atoms with Gasteiger partial charge in [0, 0.05) is 12.1 Å². The van der Waals surface area contributed by atoms with E-state index in [9.17, 15) is 4.79 Å². The molecule has 0 aromatic heterocycles. The Morgan fingerprint density at radius 1 is 1.52 bits per heavy atom. The van der Waals surface area contributed by atoms with Crippen LogP contribution in [-0.4, -0.2) is 35.4 Å². The van der Waals surface area contributed by atoms with Crippen molar-refractivity contribution < 1.29 is 14.6 Å². The lowest BCUT2D eigenvalue weighted by molar-refractivity contribution is 0.0976. The van der Waals surface area contributed by atoms with Gasteiger partial charge in [0.05, 0.1) is 17.2 Å². The molecule has 0 heterocycles. The van der Waals surface area contributed by atoms with Crippen molar-refractivity contribution in [2.75, 3.05) is 13.2 Å². The minimum absolute atomic E-state index is 0.184. The van der Waals surface area contributed by atoms with Crippen LogP contribution >= 0.6 is 28.1 Å². The molecule has 0 spiro atoms. The van der Waals surface area contributed by atoms with Crippen LogP contribution in [0.5, 0.6) is 5.75 Å². The quantitative estimate of drug-likeness (QED) is 0.666. The van der Waals surface area contributed by atoms with Crippen LogP contribution in [0.1, 0.15) is 30.6 Å². The van der Waals surface area contributed by atoms with Crippen LogP contribution in [0, 0.1) is 0 Å². The van der Waals surface area contributed by atoms with Gasteiger partial charge in [-0.3, -0.25) is 10.1 Å². The monoisotopic (exact) mass is 374 g/mol. The highest BCUT2D eigenvalue weighted by Crippen LogP contribution is 2.26. The molecule has 1 amide bonds. The molecular weight excluding hydrogens is 356 g/mol. The fraction of sp³-hybridized carbons (Fsp3) is 0.429. The van der Waals surface area contributed by atoms with Crippen molar-refractivity contribution in [1.29, 1.82) is 0 Å². The van der Waals surface area contributed by atoms with Crippen LogP contribution in [0.25, 0.3) is 0 Å². The van der Waals surface area contributed by atoms with E-state index in [2.05, 4.69) is 26.6 Å². The van der Waals surface area contributed by atoms with E-state index in [0.717, 1.165) is 6.42 Å². The molecule has 0 saturated carbocycles. The number of halogens is 1. The lowest BCUT2D eigenvalue weighted by Crippen LogP contribution is -2.41. The first kappa shape index (κ1) is 17.9. The summed E-state index contributed by atoms with van der Waals surface area (Å²) >= 11 is 8.35. The number of hydrogen-bond donors (Lipinski definition) is 3. The van der Waals surface area contributed by atoms with E-state index in [1.54, 1.807) is 25.1 Å². The Hall–Kier alpha value is -1.18. The Bertz CT molecular complexity index is 509. The summed E-state index contributed by atoms with van der Waals surface area (Å²) in [4.78, 5) is 12.0. The summed E-state index contributed by atoms with van der Waals surface area (Å²) in [5.41, 5.74) is 0.465. The summed E-state index contributed by atoms with van der Waals surface area (Å²) in [5.74, 6) is 0.379. The van der Waals surface area contributed by atoms with E-state index in [1.165, 1.54) is 0 Å². The molecule has 0 bridgehead atoms. The number of hydrogen-bond acceptors (Lipinski definition) is 4. The third-order valence-corrected chi connectivity index (χ3v) is 3.31. The Morgan fingerprint density at radius 2 is 2.24 bits per heavy atom. The maximum atomic E-state index is 12.0. The number of amides is 1. The molecule has 1 atom stereocenters. The van der Waals surface area contributed by atoms with Crippen LogP contribution in [0.4, 0.5) is 0 Å². The SMILES string of the molecule is CCCOc1ccc(C(=O)NC(=S)NCC(C)O)cc1Br. The van der Waals surface area contributed by atoms with Gasteiger partial charge in [0.2, 0.25) is 0 Å². The molecule has 1 rings (SSSR count). The first-order valence-electron chi connectivity index (χ1n) is 6.63. The second kappa shape index (κ2) is 8.96. The summed E-state index contributed by atoms with van der Waals surface area (Å²) < 4.78 is 6.24. The molecule has 1 aromatic carbocycles. The summed E-state index contributed by atoms with van der Waals surface area (Å²) in [6, 6.07) is 5.08. The highest BCUT2D eigenvalue weighted by Gasteiger charge is 2.11. The highest BCUT2D eigenvalue weighted by atomic mass is 79.9. The van der Waals surface area contributed by atoms with E-state index >= 15 is 0 Å². The molecule has 1 aromatic rings. The van der Waals surface area contributed by atoms with Crippen molar-refractivity contribution in [3.63, 3.8) is 0 Å². The maximum Gasteiger partial charge on any atom is 0.257 e. The van der Waals surface area contributed by atoms with Gasteiger partial charge >= 0.3 is 0 Å². The number of aliphatic hydroxyl groups is 1. The molecule has 3 N–H and O–H groups in total. The molecule has 0 radical (unpaired) electrons. The maximum absolute atomic E-state index is 12.0. The second-order valence-electron chi connectivity index (χ2n) is 4.51. The van der Waals surface area contributed by atoms with Gasteiger partial charge in [0.25, 0.3) is 5.91 Å². The van der Waals surface area contributed by atoms with Crippen LogP contribution in [-0.2, 0) is 0 Å². The largest absolute Gasteiger partial charge is 0.492 e. The van der Waals surface area contributed by atoms with Gasteiger partial charge in [-0.05, 0) is 59.7 Å². The van der Waals surface area contributed by atoms with E-state index in [-0.39, 0.29) is 17.6 Å². The van der Waals surface area contributed by atoms with Gasteiger partial charge in [-0.1, -0.05) is 6.92 Å². The summed E-state index contributed by atoms with van der Waals surface area (Å²) in [6.07, 6.45) is 0.377. The Labute approximate surface area is 138 Å². The van der Waals surface area contributed by atoms with Gasteiger partial charge in [-0.2, -0.15) is 0 Å². The van der Waals surface area contributed by atoms with Gasteiger partial charge in [-0.15, -0.1) is 0 Å². The number of carbonyl (C=O) groups is 1. The van der Waals surface area contributed by atoms with E-state index in [4.69, 9.17) is 22.1 Å². The predicted molar refractivity (Wildman–Crippen MR) is 89.7 cm³/mol. The zero-order valence-corrected chi connectivity index (χ0v) is 14.4. The molecule has 5 nitrogen and oxygen atoms in total. The van der Waals surface area contributed by atoms with Crippen molar-refractivity contribution in [3.8, 4) is 5.75 Å². The third-order valence-electron chi connectivity index (χ3n) is 2.44. The minimum Gasteiger partial charge on any atom is -0.492 e.